The average molecular weight is 203 g/mol. The number of pyridine rings is 1. The van der Waals surface area contributed by atoms with E-state index in [1.165, 1.54) is 0 Å². The molecule has 3 heteroatoms. The van der Waals surface area contributed by atoms with Gasteiger partial charge in [0.2, 0.25) is 0 Å². The van der Waals surface area contributed by atoms with Crippen LogP contribution in [0.25, 0.3) is 10.9 Å². The molecule has 0 N–H and O–H groups in total. The van der Waals surface area contributed by atoms with E-state index in [0.29, 0.717) is 6.61 Å². The number of rotatable bonds is 3. The molecule has 0 aliphatic rings. The van der Waals surface area contributed by atoms with Crippen molar-refractivity contribution >= 4 is 10.9 Å². The monoisotopic (exact) mass is 203 g/mol. The largest absolute Gasteiger partial charge is 0.495 e. The van der Waals surface area contributed by atoms with Crippen LogP contribution in [0, 0.1) is 0 Å². The van der Waals surface area contributed by atoms with Gasteiger partial charge < -0.3 is 9.47 Å². The van der Waals surface area contributed by atoms with E-state index in [9.17, 15) is 0 Å². The zero-order valence-electron chi connectivity index (χ0n) is 8.86. The number of benzene rings is 1. The molecule has 0 fully saturated rings. The van der Waals surface area contributed by atoms with Crippen molar-refractivity contribution < 1.29 is 9.47 Å². The zero-order chi connectivity index (χ0) is 10.7. The first-order chi connectivity index (χ1) is 7.33. The molecule has 1 aromatic heterocycles. The van der Waals surface area contributed by atoms with Crippen LogP contribution in [0.2, 0.25) is 0 Å². The summed E-state index contributed by atoms with van der Waals surface area (Å²) in [6.45, 7) is 2.63. The highest BCUT2D eigenvalue weighted by atomic mass is 16.5. The third-order valence-corrected chi connectivity index (χ3v) is 2.18. The first kappa shape index (κ1) is 9.77. The van der Waals surface area contributed by atoms with Crippen LogP contribution in [0.3, 0.4) is 0 Å². The molecule has 2 rings (SSSR count). The summed E-state index contributed by atoms with van der Waals surface area (Å²) in [5, 5.41) is 1.05. The smallest absolute Gasteiger partial charge is 0.137 e. The molecule has 0 spiro atoms. The topological polar surface area (TPSA) is 31.4 Å². The summed E-state index contributed by atoms with van der Waals surface area (Å²) >= 11 is 0. The molecule has 3 nitrogen and oxygen atoms in total. The molecule has 0 atom stereocenters. The zero-order valence-corrected chi connectivity index (χ0v) is 8.86. The molecule has 0 aliphatic heterocycles. The number of ether oxygens (including phenoxy) is 2. The van der Waals surface area contributed by atoms with Crippen molar-refractivity contribution in [3.8, 4) is 11.5 Å². The number of hydrogen-bond donors (Lipinski definition) is 0. The highest BCUT2D eigenvalue weighted by molar-refractivity contribution is 5.81. The molecule has 2 aromatic rings. The molecule has 1 aromatic carbocycles. The second-order valence-corrected chi connectivity index (χ2v) is 3.16. The van der Waals surface area contributed by atoms with Gasteiger partial charge in [-0.3, -0.25) is 4.98 Å². The lowest BCUT2D eigenvalue weighted by Crippen LogP contribution is -1.91. The third-order valence-electron chi connectivity index (χ3n) is 2.18. The van der Waals surface area contributed by atoms with E-state index in [-0.39, 0.29) is 0 Å². The van der Waals surface area contributed by atoms with Crippen molar-refractivity contribution in [3.63, 3.8) is 0 Å². The van der Waals surface area contributed by atoms with Gasteiger partial charge in [-0.15, -0.1) is 0 Å². The van der Waals surface area contributed by atoms with Crippen LogP contribution in [0.1, 0.15) is 6.92 Å². The summed E-state index contributed by atoms with van der Waals surface area (Å²) in [5.74, 6) is 1.62. The maximum atomic E-state index is 5.40. The molecule has 78 valence electrons. The quantitative estimate of drug-likeness (QED) is 0.768. The average Bonchev–Trinajstić information content (AvgIpc) is 2.29. The molecule has 15 heavy (non-hydrogen) atoms. The second-order valence-electron chi connectivity index (χ2n) is 3.16. The molecular formula is C12H13NO2. The van der Waals surface area contributed by atoms with Crippen LogP contribution in [-0.4, -0.2) is 18.7 Å². The molecule has 1 heterocycles. The summed E-state index contributed by atoms with van der Waals surface area (Å²) in [4.78, 5) is 4.29. The van der Waals surface area contributed by atoms with Crippen molar-refractivity contribution in [2.45, 2.75) is 6.92 Å². The Kier molecular flexibility index (Phi) is 2.72. The molecule has 0 unspecified atom stereocenters. The molecule has 0 aliphatic carbocycles. The molecule has 0 saturated heterocycles. The van der Waals surface area contributed by atoms with Crippen LogP contribution < -0.4 is 9.47 Å². The number of aromatic nitrogens is 1. The van der Waals surface area contributed by atoms with E-state index in [1.54, 1.807) is 13.3 Å². The van der Waals surface area contributed by atoms with Gasteiger partial charge in [0.15, 0.2) is 0 Å². The Morgan fingerprint density at radius 2 is 2.07 bits per heavy atom. The summed E-state index contributed by atoms with van der Waals surface area (Å²) in [5.41, 5.74) is 0.918. The summed E-state index contributed by atoms with van der Waals surface area (Å²) in [6.07, 6.45) is 1.71. The number of hydrogen-bond acceptors (Lipinski definition) is 3. The maximum Gasteiger partial charge on any atom is 0.137 e. The van der Waals surface area contributed by atoms with E-state index < -0.39 is 0 Å². The predicted molar refractivity (Wildman–Crippen MR) is 59.5 cm³/mol. The van der Waals surface area contributed by atoms with Gasteiger partial charge in [0.25, 0.3) is 0 Å². The summed E-state index contributed by atoms with van der Waals surface area (Å²) < 4.78 is 10.5. The van der Waals surface area contributed by atoms with Crippen molar-refractivity contribution in [1.29, 1.82) is 0 Å². The fourth-order valence-electron chi connectivity index (χ4n) is 1.45. The third kappa shape index (κ3) is 2.01. The lowest BCUT2D eigenvalue weighted by atomic mass is 10.2. The Morgan fingerprint density at radius 3 is 2.80 bits per heavy atom. The SMILES string of the molecule is CCOc1ccc2cc(OC)cnc2c1. The lowest BCUT2D eigenvalue weighted by molar-refractivity contribution is 0.340. The second kappa shape index (κ2) is 4.17. The van der Waals surface area contributed by atoms with Gasteiger partial charge in [0.1, 0.15) is 11.5 Å². The van der Waals surface area contributed by atoms with Crippen LogP contribution in [0.15, 0.2) is 30.5 Å². The lowest BCUT2D eigenvalue weighted by Gasteiger charge is -2.05. The van der Waals surface area contributed by atoms with Gasteiger partial charge in [-0.25, -0.2) is 0 Å². The Morgan fingerprint density at radius 1 is 1.20 bits per heavy atom. The van der Waals surface area contributed by atoms with Gasteiger partial charge in [-0.2, -0.15) is 0 Å². The number of fused-ring (bicyclic) bond motifs is 1. The van der Waals surface area contributed by atoms with E-state index in [2.05, 4.69) is 4.98 Å². The van der Waals surface area contributed by atoms with Crippen molar-refractivity contribution in [1.82, 2.24) is 4.98 Å². The van der Waals surface area contributed by atoms with Gasteiger partial charge >= 0.3 is 0 Å². The predicted octanol–water partition coefficient (Wildman–Crippen LogP) is 2.64. The summed E-state index contributed by atoms with van der Waals surface area (Å²) in [7, 11) is 1.64. The molecule has 0 bridgehead atoms. The van der Waals surface area contributed by atoms with E-state index in [4.69, 9.17) is 9.47 Å². The number of nitrogens with zero attached hydrogens (tertiary/aromatic N) is 1. The van der Waals surface area contributed by atoms with Crippen LogP contribution >= 0.6 is 0 Å². The van der Waals surface area contributed by atoms with Gasteiger partial charge in [-0.1, -0.05) is 0 Å². The van der Waals surface area contributed by atoms with Crippen LogP contribution in [0.4, 0.5) is 0 Å². The van der Waals surface area contributed by atoms with E-state index in [1.807, 2.05) is 31.2 Å². The Hall–Kier alpha value is -1.77. The Balaban J connectivity index is 2.45. The summed E-state index contributed by atoms with van der Waals surface area (Å²) in [6, 6.07) is 7.80. The molecule has 0 amide bonds. The highest BCUT2D eigenvalue weighted by Gasteiger charge is 1.99. The minimum atomic E-state index is 0.668. The van der Waals surface area contributed by atoms with Crippen LogP contribution in [0.5, 0.6) is 11.5 Å². The fraction of sp³-hybridized carbons (Fsp3) is 0.250. The van der Waals surface area contributed by atoms with Crippen LogP contribution in [-0.2, 0) is 0 Å². The van der Waals surface area contributed by atoms with E-state index >= 15 is 0 Å². The minimum absolute atomic E-state index is 0.668. The van der Waals surface area contributed by atoms with E-state index in [0.717, 1.165) is 22.4 Å². The molecular weight excluding hydrogens is 190 g/mol. The van der Waals surface area contributed by atoms with Gasteiger partial charge in [0.05, 0.1) is 25.4 Å². The number of methoxy groups -OCH3 is 1. The molecule has 0 radical (unpaired) electrons. The standard InChI is InChI=1S/C12H13NO2/c1-3-15-10-5-4-9-6-11(14-2)8-13-12(9)7-10/h4-8H,3H2,1-2H3. The normalized spacial score (nSPS) is 10.3. The first-order valence-electron chi connectivity index (χ1n) is 4.90. The fourth-order valence-corrected chi connectivity index (χ4v) is 1.45. The van der Waals surface area contributed by atoms with Crippen molar-refractivity contribution in [3.05, 3.63) is 30.5 Å². The maximum absolute atomic E-state index is 5.40. The van der Waals surface area contributed by atoms with Gasteiger partial charge in [-0.05, 0) is 25.1 Å². The molecule has 0 saturated carbocycles. The Labute approximate surface area is 88.7 Å². The van der Waals surface area contributed by atoms with Gasteiger partial charge in [0, 0.05) is 11.5 Å². The first-order valence-corrected chi connectivity index (χ1v) is 4.90. The highest BCUT2D eigenvalue weighted by Crippen LogP contribution is 2.22. The minimum Gasteiger partial charge on any atom is -0.495 e. The Bertz CT molecular complexity index is 468. The van der Waals surface area contributed by atoms with Crippen molar-refractivity contribution in [2.75, 3.05) is 13.7 Å². The van der Waals surface area contributed by atoms with Crippen molar-refractivity contribution in [2.24, 2.45) is 0 Å².